The van der Waals surface area contributed by atoms with Crippen LogP contribution in [0.3, 0.4) is 0 Å². The van der Waals surface area contributed by atoms with Gasteiger partial charge in [0.15, 0.2) is 27.1 Å². The van der Waals surface area contributed by atoms with Crippen LogP contribution < -0.4 is 10.9 Å². The Morgan fingerprint density at radius 1 is 1.00 bits per heavy atom. The lowest BCUT2D eigenvalue weighted by Gasteiger charge is -2.19. The summed E-state index contributed by atoms with van der Waals surface area (Å²) in [6.45, 7) is 4.21. The van der Waals surface area contributed by atoms with Crippen LogP contribution in [-0.2, 0) is 16.4 Å². The molecule has 3 saturated carbocycles. The molecule has 40 heavy (non-hydrogen) atoms. The van der Waals surface area contributed by atoms with E-state index in [0.717, 1.165) is 42.6 Å². The summed E-state index contributed by atoms with van der Waals surface area (Å²) in [5.74, 6) is 1.49. The van der Waals surface area contributed by atoms with Gasteiger partial charge in [-0.05, 0) is 70.4 Å². The van der Waals surface area contributed by atoms with Gasteiger partial charge in [0.05, 0.1) is 45.5 Å². The second-order valence-corrected chi connectivity index (χ2v) is 13.4. The second kappa shape index (κ2) is 9.39. The summed E-state index contributed by atoms with van der Waals surface area (Å²) in [5.41, 5.74) is 3.98. The Hall–Kier alpha value is -3.80. The minimum Gasteiger partial charge on any atom is -0.360 e. The highest BCUT2D eigenvalue weighted by atomic mass is 32.2. The topological polar surface area (TPSA) is 146 Å². The normalized spacial score (nSPS) is 18.1. The molecule has 0 saturated heterocycles. The van der Waals surface area contributed by atoms with Crippen LogP contribution in [-0.4, -0.2) is 48.1 Å². The van der Waals surface area contributed by atoms with Crippen molar-refractivity contribution in [2.24, 2.45) is 5.92 Å². The van der Waals surface area contributed by atoms with Crippen molar-refractivity contribution < 1.29 is 8.42 Å². The van der Waals surface area contributed by atoms with Gasteiger partial charge in [0.25, 0.3) is 5.56 Å². The van der Waals surface area contributed by atoms with Crippen LogP contribution in [0.4, 0.5) is 5.82 Å². The van der Waals surface area contributed by atoms with Crippen molar-refractivity contribution in [1.82, 2.24) is 34.5 Å². The third kappa shape index (κ3) is 4.53. The Kier molecular flexibility index (Phi) is 5.92. The minimum absolute atomic E-state index is 0.0534. The second-order valence-electron chi connectivity index (χ2n) is 11.2. The van der Waals surface area contributed by atoms with E-state index in [4.69, 9.17) is 4.98 Å². The molecule has 206 valence electrons. The maximum Gasteiger partial charge on any atom is 0.295 e. The van der Waals surface area contributed by atoms with E-state index in [1.165, 1.54) is 6.20 Å². The Morgan fingerprint density at radius 3 is 2.48 bits per heavy atom. The smallest absolute Gasteiger partial charge is 0.295 e. The number of hydrogen-bond donors (Lipinski definition) is 1. The fourth-order valence-electron chi connectivity index (χ4n) is 5.27. The SMILES string of the molecule is Cc1ncnc(C2CC2)c1-c1ncc2nc(NCc3ccc(S(=O)(=O)C4CC4)cn3)c(=O)n([C@@H](C)C3CC3)c2n1. The van der Waals surface area contributed by atoms with Crippen molar-refractivity contribution in [2.45, 2.75) is 81.0 Å². The molecular weight excluding hydrogens is 528 g/mol. The molecule has 1 N–H and O–H groups in total. The van der Waals surface area contributed by atoms with Gasteiger partial charge >= 0.3 is 0 Å². The zero-order valence-corrected chi connectivity index (χ0v) is 23.2. The van der Waals surface area contributed by atoms with E-state index >= 15 is 0 Å². The van der Waals surface area contributed by atoms with Gasteiger partial charge in [0.1, 0.15) is 11.8 Å². The molecule has 0 spiro atoms. The predicted molar refractivity (Wildman–Crippen MR) is 149 cm³/mol. The largest absolute Gasteiger partial charge is 0.360 e. The van der Waals surface area contributed by atoms with Crippen LogP contribution in [0.15, 0.2) is 40.5 Å². The number of nitrogens with zero attached hydrogens (tertiary/aromatic N) is 7. The molecule has 4 heterocycles. The molecule has 3 aliphatic carbocycles. The van der Waals surface area contributed by atoms with Crippen molar-refractivity contribution in [2.75, 3.05) is 5.32 Å². The first-order chi connectivity index (χ1) is 19.3. The van der Waals surface area contributed by atoms with Crippen molar-refractivity contribution in [3.05, 3.63) is 58.3 Å². The first kappa shape index (κ1) is 25.2. The highest BCUT2D eigenvalue weighted by Gasteiger charge is 2.37. The molecule has 0 unspecified atom stereocenters. The van der Waals surface area contributed by atoms with Gasteiger partial charge < -0.3 is 5.32 Å². The lowest BCUT2D eigenvalue weighted by atomic mass is 10.1. The maximum absolute atomic E-state index is 13.8. The Balaban J connectivity index is 1.24. The van der Waals surface area contributed by atoms with Crippen molar-refractivity contribution in [3.8, 4) is 11.4 Å². The number of pyridine rings is 1. The summed E-state index contributed by atoms with van der Waals surface area (Å²) in [5, 5.41) is 2.84. The molecule has 11 nitrogen and oxygen atoms in total. The summed E-state index contributed by atoms with van der Waals surface area (Å²) in [6.07, 6.45) is 10.4. The van der Waals surface area contributed by atoms with E-state index in [0.29, 0.717) is 47.4 Å². The standard InChI is InChI=1S/C28H30N8O3S/c1-15-23(24(18-5-6-18)33-14-32-15)25-31-13-22-27(35-25)36(16(2)17-3-4-17)28(37)26(34-22)30-11-19-7-8-21(12-29-19)40(38,39)20-9-10-20/h7-8,12-14,16-18,20H,3-6,9-11H2,1-2H3,(H,30,34)/t16-/m0/s1. The highest BCUT2D eigenvalue weighted by molar-refractivity contribution is 7.92. The van der Waals surface area contributed by atoms with E-state index in [-0.39, 0.29) is 34.1 Å². The summed E-state index contributed by atoms with van der Waals surface area (Å²) in [6, 6.07) is 3.20. The van der Waals surface area contributed by atoms with Gasteiger partial charge in [-0.3, -0.25) is 14.3 Å². The number of nitrogens with one attached hydrogen (secondary N) is 1. The van der Waals surface area contributed by atoms with Gasteiger partial charge in [-0.15, -0.1) is 0 Å². The number of aromatic nitrogens is 7. The molecule has 0 aliphatic heterocycles. The van der Waals surface area contributed by atoms with Crippen LogP contribution in [0.1, 0.15) is 74.5 Å². The monoisotopic (exact) mass is 558 g/mol. The molecule has 0 bridgehead atoms. The molecule has 7 rings (SSSR count). The number of sulfone groups is 1. The maximum atomic E-state index is 13.8. The average Bonchev–Trinajstić information content (AvgIpc) is 3.79. The number of hydrogen-bond acceptors (Lipinski definition) is 10. The van der Waals surface area contributed by atoms with Crippen LogP contribution in [0.25, 0.3) is 22.6 Å². The fourth-order valence-corrected chi connectivity index (χ4v) is 6.87. The van der Waals surface area contributed by atoms with Crippen LogP contribution in [0, 0.1) is 12.8 Å². The number of anilines is 1. The van der Waals surface area contributed by atoms with E-state index in [1.807, 2.05) is 6.92 Å². The third-order valence-electron chi connectivity index (χ3n) is 8.12. The third-order valence-corrected chi connectivity index (χ3v) is 10.4. The van der Waals surface area contributed by atoms with Crippen LogP contribution in [0.2, 0.25) is 0 Å². The predicted octanol–water partition coefficient (Wildman–Crippen LogP) is 3.74. The Labute approximate surface area is 231 Å². The first-order valence-corrected chi connectivity index (χ1v) is 15.4. The van der Waals surface area contributed by atoms with Gasteiger partial charge in [-0.25, -0.2) is 33.3 Å². The average molecular weight is 559 g/mol. The van der Waals surface area contributed by atoms with E-state index in [9.17, 15) is 13.2 Å². The molecule has 12 heteroatoms. The molecular formula is C28H30N8O3S. The molecule has 0 amide bonds. The molecule has 4 aromatic heterocycles. The molecule has 0 aromatic carbocycles. The van der Waals surface area contributed by atoms with E-state index < -0.39 is 9.84 Å². The van der Waals surface area contributed by atoms with Crippen molar-refractivity contribution in [3.63, 3.8) is 0 Å². The minimum atomic E-state index is -3.30. The van der Waals surface area contributed by atoms with E-state index in [2.05, 4.69) is 37.2 Å². The molecule has 4 aromatic rings. The summed E-state index contributed by atoms with van der Waals surface area (Å²) < 4.78 is 26.7. The number of aryl methyl sites for hydroxylation is 1. The van der Waals surface area contributed by atoms with Gasteiger partial charge in [-0.2, -0.15) is 0 Å². The molecule has 1 atom stereocenters. The fraction of sp³-hybridized carbons (Fsp3) is 0.464. The van der Waals surface area contributed by atoms with Crippen LogP contribution >= 0.6 is 0 Å². The Morgan fingerprint density at radius 2 is 1.80 bits per heavy atom. The zero-order valence-electron chi connectivity index (χ0n) is 22.4. The summed E-state index contributed by atoms with van der Waals surface area (Å²) >= 11 is 0. The first-order valence-electron chi connectivity index (χ1n) is 13.8. The van der Waals surface area contributed by atoms with Gasteiger partial charge in [0, 0.05) is 18.2 Å². The quantitative estimate of drug-likeness (QED) is 0.322. The summed E-state index contributed by atoms with van der Waals surface area (Å²) in [7, 11) is -3.30. The van der Waals surface area contributed by atoms with Gasteiger partial charge in [0.2, 0.25) is 0 Å². The van der Waals surface area contributed by atoms with Crippen LogP contribution in [0.5, 0.6) is 0 Å². The molecule has 3 aliphatic rings. The summed E-state index contributed by atoms with van der Waals surface area (Å²) in [4.78, 5) is 41.4. The highest BCUT2D eigenvalue weighted by Crippen LogP contribution is 2.43. The molecule has 0 radical (unpaired) electrons. The van der Waals surface area contributed by atoms with Crippen molar-refractivity contribution in [1.29, 1.82) is 0 Å². The Bertz CT molecular complexity index is 1790. The van der Waals surface area contributed by atoms with E-state index in [1.54, 1.807) is 29.2 Å². The van der Waals surface area contributed by atoms with Crippen molar-refractivity contribution >= 4 is 26.8 Å². The molecule has 3 fully saturated rings. The number of rotatable bonds is 9. The number of fused-ring (bicyclic) bond motifs is 1. The lowest BCUT2D eigenvalue weighted by Crippen LogP contribution is -2.29. The zero-order chi connectivity index (χ0) is 27.6. The van der Waals surface area contributed by atoms with Gasteiger partial charge in [-0.1, -0.05) is 0 Å². The lowest BCUT2D eigenvalue weighted by molar-refractivity contribution is 0.482.